The molecule has 3 rings (SSSR count). The number of benzene rings is 2. The van der Waals surface area contributed by atoms with Gasteiger partial charge in [0.1, 0.15) is 11.6 Å². The standard InChI is InChI=1S/C21H21ClN4O3S2/c1-3-11-26-19(14-31(28,29)17-7-5-4-6-8-17)24-25-21(26)30-13-20(27)23-18-12-16(22)10-9-15(18)2/h3-10,12H,1,11,13-14H2,2H3,(H,23,27). The normalized spacial score (nSPS) is 11.3. The Kier molecular flexibility index (Phi) is 7.53. The van der Waals surface area contributed by atoms with Crippen molar-refractivity contribution in [2.75, 3.05) is 11.1 Å². The summed E-state index contributed by atoms with van der Waals surface area (Å²) in [6.07, 6.45) is 1.63. The molecule has 0 aliphatic carbocycles. The molecule has 0 radical (unpaired) electrons. The molecule has 0 saturated carbocycles. The molecule has 1 aromatic heterocycles. The molecule has 0 aliphatic heterocycles. The van der Waals surface area contributed by atoms with Crippen LogP contribution < -0.4 is 5.32 Å². The highest BCUT2D eigenvalue weighted by molar-refractivity contribution is 7.99. The van der Waals surface area contributed by atoms with Crippen LogP contribution in [0.4, 0.5) is 5.69 Å². The van der Waals surface area contributed by atoms with E-state index in [9.17, 15) is 13.2 Å². The fraction of sp³-hybridized carbons (Fsp3) is 0.190. The maximum Gasteiger partial charge on any atom is 0.234 e. The van der Waals surface area contributed by atoms with E-state index < -0.39 is 9.84 Å². The Bertz CT molecular complexity index is 1190. The van der Waals surface area contributed by atoms with Gasteiger partial charge in [0, 0.05) is 17.3 Å². The molecule has 10 heteroatoms. The molecule has 0 unspecified atom stereocenters. The molecule has 0 fully saturated rings. The average molecular weight is 477 g/mol. The molecule has 1 N–H and O–H groups in total. The summed E-state index contributed by atoms with van der Waals surface area (Å²) in [6.45, 7) is 5.91. The Hall–Kier alpha value is -2.62. The van der Waals surface area contributed by atoms with E-state index >= 15 is 0 Å². The summed E-state index contributed by atoms with van der Waals surface area (Å²) in [4.78, 5) is 12.6. The predicted octanol–water partition coefficient (Wildman–Crippen LogP) is 4.13. The summed E-state index contributed by atoms with van der Waals surface area (Å²) in [5.74, 6) is -0.168. The number of nitrogens with zero attached hydrogens (tertiary/aromatic N) is 3. The van der Waals surface area contributed by atoms with Crippen molar-refractivity contribution in [1.29, 1.82) is 0 Å². The van der Waals surface area contributed by atoms with Gasteiger partial charge >= 0.3 is 0 Å². The maximum atomic E-state index is 12.7. The lowest BCUT2D eigenvalue weighted by atomic mass is 10.2. The van der Waals surface area contributed by atoms with Crippen LogP contribution in [0.15, 0.2) is 71.2 Å². The van der Waals surface area contributed by atoms with Crippen LogP contribution in [0.5, 0.6) is 0 Å². The van der Waals surface area contributed by atoms with E-state index in [-0.39, 0.29) is 28.1 Å². The zero-order chi connectivity index (χ0) is 22.4. The number of amides is 1. The summed E-state index contributed by atoms with van der Waals surface area (Å²) in [5.41, 5.74) is 1.53. The number of halogens is 1. The van der Waals surface area contributed by atoms with Crippen LogP contribution in [0.25, 0.3) is 0 Å². The zero-order valence-electron chi connectivity index (χ0n) is 16.8. The molecule has 0 bridgehead atoms. The smallest absolute Gasteiger partial charge is 0.234 e. The number of carbonyl (C=O) groups is 1. The van der Waals surface area contributed by atoms with E-state index in [1.165, 1.54) is 11.8 Å². The molecule has 162 valence electrons. The minimum atomic E-state index is -3.58. The Morgan fingerprint density at radius 1 is 1.23 bits per heavy atom. The van der Waals surface area contributed by atoms with Crippen LogP contribution in [0, 0.1) is 6.92 Å². The first-order valence-electron chi connectivity index (χ1n) is 9.30. The van der Waals surface area contributed by atoms with E-state index in [1.807, 2.05) is 13.0 Å². The fourth-order valence-corrected chi connectivity index (χ4v) is 5.00. The van der Waals surface area contributed by atoms with Gasteiger partial charge in [-0.3, -0.25) is 4.79 Å². The lowest BCUT2D eigenvalue weighted by Crippen LogP contribution is -2.16. The Morgan fingerprint density at radius 3 is 2.68 bits per heavy atom. The van der Waals surface area contributed by atoms with Crippen molar-refractivity contribution in [3.05, 3.63) is 77.6 Å². The second-order valence-corrected chi connectivity index (χ2v) is 10.0. The van der Waals surface area contributed by atoms with Crippen LogP contribution in [0.3, 0.4) is 0 Å². The SMILES string of the molecule is C=CCn1c(CS(=O)(=O)c2ccccc2)nnc1SCC(=O)Nc1cc(Cl)ccc1C. The van der Waals surface area contributed by atoms with Gasteiger partial charge in [0.2, 0.25) is 5.91 Å². The number of sulfone groups is 1. The van der Waals surface area contributed by atoms with Crippen molar-refractivity contribution < 1.29 is 13.2 Å². The van der Waals surface area contributed by atoms with Crippen LogP contribution in [0.2, 0.25) is 5.02 Å². The molecule has 2 aromatic carbocycles. The lowest BCUT2D eigenvalue weighted by molar-refractivity contribution is -0.113. The van der Waals surface area contributed by atoms with E-state index in [2.05, 4.69) is 22.1 Å². The van der Waals surface area contributed by atoms with E-state index in [0.717, 1.165) is 5.56 Å². The molecule has 0 saturated heterocycles. The topological polar surface area (TPSA) is 93.9 Å². The maximum absolute atomic E-state index is 12.7. The number of allylic oxidation sites excluding steroid dienone is 1. The van der Waals surface area contributed by atoms with Gasteiger partial charge < -0.3 is 9.88 Å². The monoisotopic (exact) mass is 476 g/mol. The number of aromatic nitrogens is 3. The van der Waals surface area contributed by atoms with Gasteiger partial charge in [-0.25, -0.2) is 8.42 Å². The molecule has 0 aliphatic rings. The van der Waals surface area contributed by atoms with Crippen molar-refractivity contribution in [2.24, 2.45) is 0 Å². The van der Waals surface area contributed by atoms with Crippen LogP contribution in [-0.4, -0.2) is 34.8 Å². The number of rotatable bonds is 9. The largest absolute Gasteiger partial charge is 0.325 e. The molecular weight excluding hydrogens is 456 g/mol. The minimum absolute atomic E-state index is 0.0761. The van der Waals surface area contributed by atoms with Gasteiger partial charge in [-0.1, -0.05) is 53.7 Å². The van der Waals surface area contributed by atoms with Gasteiger partial charge in [-0.05, 0) is 36.8 Å². The van der Waals surface area contributed by atoms with Gasteiger partial charge in [0.25, 0.3) is 0 Å². The minimum Gasteiger partial charge on any atom is -0.325 e. The van der Waals surface area contributed by atoms with E-state index in [1.54, 1.807) is 53.1 Å². The number of hydrogen-bond acceptors (Lipinski definition) is 6. The third kappa shape index (κ3) is 5.96. The Morgan fingerprint density at radius 2 is 1.97 bits per heavy atom. The molecule has 7 nitrogen and oxygen atoms in total. The zero-order valence-corrected chi connectivity index (χ0v) is 19.2. The molecule has 31 heavy (non-hydrogen) atoms. The highest BCUT2D eigenvalue weighted by Crippen LogP contribution is 2.23. The first kappa shape index (κ1) is 23.1. The molecule has 1 amide bonds. The molecule has 1 heterocycles. The summed E-state index contributed by atoms with van der Waals surface area (Å²) in [6, 6.07) is 13.4. The van der Waals surface area contributed by atoms with Crippen molar-refractivity contribution in [1.82, 2.24) is 14.8 Å². The third-order valence-corrected chi connectivity index (χ3v) is 7.16. The molecule has 0 atom stereocenters. The van der Waals surface area contributed by atoms with Gasteiger partial charge in [0.15, 0.2) is 15.0 Å². The van der Waals surface area contributed by atoms with Crippen molar-refractivity contribution in [3.63, 3.8) is 0 Å². The molecule has 0 spiro atoms. The summed E-state index contributed by atoms with van der Waals surface area (Å²) >= 11 is 7.16. The predicted molar refractivity (Wildman–Crippen MR) is 123 cm³/mol. The second-order valence-electron chi connectivity index (χ2n) is 6.67. The highest BCUT2D eigenvalue weighted by Gasteiger charge is 2.21. The van der Waals surface area contributed by atoms with Crippen LogP contribution >= 0.6 is 23.4 Å². The first-order valence-corrected chi connectivity index (χ1v) is 12.3. The number of aryl methyl sites for hydroxylation is 1. The van der Waals surface area contributed by atoms with Gasteiger partial charge in [0.05, 0.1) is 10.6 Å². The summed E-state index contributed by atoms with van der Waals surface area (Å²) in [5, 5.41) is 11.9. The van der Waals surface area contributed by atoms with Crippen molar-refractivity contribution >= 4 is 44.8 Å². The van der Waals surface area contributed by atoms with Gasteiger partial charge in [-0.15, -0.1) is 16.8 Å². The number of carbonyl (C=O) groups excluding carboxylic acids is 1. The number of hydrogen-bond donors (Lipinski definition) is 1. The van der Waals surface area contributed by atoms with Crippen LogP contribution in [-0.2, 0) is 26.9 Å². The highest BCUT2D eigenvalue weighted by atomic mass is 35.5. The lowest BCUT2D eigenvalue weighted by Gasteiger charge is -2.10. The first-order chi connectivity index (χ1) is 14.8. The fourth-order valence-electron chi connectivity index (χ4n) is 2.77. The van der Waals surface area contributed by atoms with E-state index in [0.29, 0.717) is 22.4 Å². The second kappa shape index (κ2) is 10.1. The Labute approximate surface area is 190 Å². The van der Waals surface area contributed by atoms with Crippen molar-refractivity contribution in [3.8, 4) is 0 Å². The summed E-state index contributed by atoms with van der Waals surface area (Å²) in [7, 11) is -3.58. The van der Waals surface area contributed by atoms with Crippen LogP contribution in [0.1, 0.15) is 11.4 Å². The van der Waals surface area contributed by atoms with Crippen molar-refractivity contribution in [2.45, 2.75) is 29.3 Å². The number of thioether (sulfide) groups is 1. The number of nitrogens with one attached hydrogen (secondary N) is 1. The third-order valence-electron chi connectivity index (χ3n) is 4.33. The number of anilines is 1. The van der Waals surface area contributed by atoms with Gasteiger partial charge in [-0.2, -0.15) is 0 Å². The Balaban J connectivity index is 1.72. The van der Waals surface area contributed by atoms with E-state index in [4.69, 9.17) is 11.6 Å². The average Bonchev–Trinajstić information content (AvgIpc) is 3.11. The summed E-state index contributed by atoms with van der Waals surface area (Å²) < 4.78 is 27.1. The molecular formula is C21H21ClN4O3S2. The molecule has 3 aromatic rings. The quantitative estimate of drug-likeness (QED) is 0.368.